The third kappa shape index (κ3) is 2.69. The van der Waals surface area contributed by atoms with Gasteiger partial charge in [-0.25, -0.2) is 0 Å². The van der Waals surface area contributed by atoms with Gasteiger partial charge in [0.15, 0.2) is 0 Å². The number of nitrogens with zero attached hydrogens (tertiary/aromatic N) is 2. The van der Waals surface area contributed by atoms with E-state index >= 15 is 0 Å². The van der Waals surface area contributed by atoms with Crippen molar-refractivity contribution in [3.05, 3.63) is 0 Å². The van der Waals surface area contributed by atoms with Gasteiger partial charge in [-0.1, -0.05) is 13.3 Å². The molecule has 1 heterocycles. The molecule has 1 aliphatic heterocycles. The maximum absolute atomic E-state index is 11.1. The van der Waals surface area contributed by atoms with Crippen LogP contribution in [0, 0.1) is 17.2 Å². The Kier molecular flexibility index (Phi) is 4.10. The molecule has 1 rings (SSSR count). The third-order valence-corrected chi connectivity index (χ3v) is 3.30. The number of hydrogen-bond donors (Lipinski definition) is 1. The second-order valence-electron chi connectivity index (χ2n) is 4.20. The van der Waals surface area contributed by atoms with Crippen LogP contribution in [0.4, 0.5) is 0 Å². The van der Waals surface area contributed by atoms with Crippen LogP contribution in [0.3, 0.4) is 0 Å². The molecule has 0 spiro atoms. The summed E-state index contributed by atoms with van der Waals surface area (Å²) >= 11 is 0. The van der Waals surface area contributed by atoms with Gasteiger partial charge in [0, 0.05) is 6.54 Å². The quantitative estimate of drug-likeness (QED) is 0.766. The SMILES string of the molecule is CCC1CCN(C(C)C#N)C(C(=O)O)C1. The molecule has 1 fully saturated rings. The van der Waals surface area contributed by atoms with Gasteiger partial charge in [-0.05, 0) is 25.7 Å². The lowest BCUT2D eigenvalue weighted by atomic mass is 9.88. The zero-order valence-electron chi connectivity index (χ0n) is 9.31. The summed E-state index contributed by atoms with van der Waals surface area (Å²) in [6.45, 7) is 4.58. The van der Waals surface area contributed by atoms with E-state index in [4.69, 9.17) is 10.4 Å². The summed E-state index contributed by atoms with van der Waals surface area (Å²) in [4.78, 5) is 12.9. The van der Waals surface area contributed by atoms with Gasteiger partial charge in [0.05, 0.1) is 12.1 Å². The van der Waals surface area contributed by atoms with Gasteiger partial charge in [0.25, 0.3) is 0 Å². The van der Waals surface area contributed by atoms with Crippen LogP contribution in [0.1, 0.15) is 33.1 Å². The molecule has 0 aromatic heterocycles. The van der Waals surface area contributed by atoms with E-state index in [1.165, 1.54) is 0 Å². The monoisotopic (exact) mass is 210 g/mol. The van der Waals surface area contributed by atoms with Crippen molar-refractivity contribution in [1.82, 2.24) is 4.90 Å². The number of carboxylic acid groups (broad SMARTS) is 1. The molecule has 3 atom stereocenters. The zero-order chi connectivity index (χ0) is 11.4. The normalized spacial score (nSPS) is 29.4. The molecule has 0 aromatic carbocycles. The van der Waals surface area contributed by atoms with Crippen LogP contribution in [0.5, 0.6) is 0 Å². The lowest BCUT2D eigenvalue weighted by Gasteiger charge is -2.38. The predicted molar refractivity (Wildman–Crippen MR) is 56.2 cm³/mol. The molecule has 4 nitrogen and oxygen atoms in total. The molecule has 0 amide bonds. The summed E-state index contributed by atoms with van der Waals surface area (Å²) in [5.74, 6) is -0.302. The van der Waals surface area contributed by atoms with E-state index in [1.807, 2.05) is 0 Å². The van der Waals surface area contributed by atoms with Crippen molar-refractivity contribution in [2.45, 2.75) is 45.2 Å². The second-order valence-corrected chi connectivity index (χ2v) is 4.20. The molecule has 15 heavy (non-hydrogen) atoms. The molecular weight excluding hydrogens is 192 g/mol. The molecule has 0 saturated carbocycles. The molecule has 1 saturated heterocycles. The van der Waals surface area contributed by atoms with Gasteiger partial charge in [0.1, 0.15) is 6.04 Å². The van der Waals surface area contributed by atoms with Gasteiger partial charge < -0.3 is 5.11 Å². The summed E-state index contributed by atoms with van der Waals surface area (Å²) in [5.41, 5.74) is 0. The Morgan fingerprint density at radius 3 is 2.87 bits per heavy atom. The Morgan fingerprint density at radius 2 is 2.40 bits per heavy atom. The highest BCUT2D eigenvalue weighted by atomic mass is 16.4. The van der Waals surface area contributed by atoms with Gasteiger partial charge in [0.2, 0.25) is 0 Å². The smallest absolute Gasteiger partial charge is 0.320 e. The Labute approximate surface area is 90.5 Å². The van der Waals surface area contributed by atoms with Crippen molar-refractivity contribution in [2.75, 3.05) is 6.54 Å². The van der Waals surface area contributed by atoms with Crippen LogP contribution in [0.15, 0.2) is 0 Å². The number of aliphatic carboxylic acids is 1. The highest BCUT2D eigenvalue weighted by Crippen LogP contribution is 2.26. The van der Waals surface area contributed by atoms with Crippen molar-refractivity contribution >= 4 is 5.97 Å². The molecule has 4 heteroatoms. The van der Waals surface area contributed by atoms with Gasteiger partial charge in [-0.3, -0.25) is 9.69 Å². The van der Waals surface area contributed by atoms with E-state index < -0.39 is 12.0 Å². The van der Waals surface area contributed by atoms with Crippen molar-refractivity contribution in [1.29, 1.82) is 5.26 Å². The van der Waals surface area contributed by atoms with Crippen molar-refractivity contribution in [3.63, 3.8) is 0 Å². The number of piperidine rings is 1. The summed E-state index contributed by atoms with van der Waals surface area (Å²) < 4.78 is 0. The fourth-order valence-electron chi connectivity index (χ4n) is 2.21. The van der Waals surface area contributed by atoms with Gasteiger partial charge in [-0.15, -0.1) is 0 Å². The lowest BCUT2D eigenvalue weighted by Crippen LogP contribution is -2.50. The van der Waals surface area contributed by atoms with Crippen LogP contribution < -0.4 is 0 Å². The highest BCUT2D eigenvalue weighted by molar-refractivity contribution is 5.73. The topological polar surface area (TPSA) is 64.3 Å². The summed E-state index contributed by atoms with van der Waals surface area (Å²) in [5, 5.41) is 17.9. The van der Waals surface area contributed by atoms with Crippen LogP contribution >= 0.6 is 0 Å². The molecule has 1 N–H and O–H groups in total. The standard InChI is InChI=1S/C11H18N2O2/c1-3-9-4-5-13(8(2)7-12)10(6-9)11(14)15/h8-10H,3-6H2,1-2H3,(H,14,15). The fourth-order valence-corrected chi connectivity index (χ4v) is 2.21. The largest absolute Gasteiger partial charge is 0.480 e. The first-order valence-electron chi connectivity index (χ1n) is 5.48. The van der Waals surface area contributed by atoms with Crippen LogP contribution in [-0.4, -0.2) is 34.6 Å². The maximum atomic E-state index is 11.1. The minimum Gasteiger partial charge on any atom is -0.480 e. The third-order valence-electron chi connectivity index (χ3n) is 3.30. The minimum absolute atomic E-state index is 0.302. The Morgan fingerprint density at radius 1 is 1.73 bits per heavy atom. The highest BCUT2D eigenvalue weighted by Gasteiger charge is 2.35. The summed E-state index contributed by atoms with van der Waals surface area (Å²) in [6.07, 6.45) is 2.71. The van der Waals surface area contributed by atoms with E-state index in [0.29, 0.717) is 12.3 Å². The fraction of sp³-hybridized carbons (Fsp3) is 0.818. The molecule has 0 aliphatic carbocycles. The molecule has 0 aromatic rings. The van der Waals surface area contributed by atoms with Crippen LogP contribution in [-0.2, 0) is 4.79 Å². The summed E-state index contributed by atoms with van der Waals surface area (Å²) in [6, 6.07) is 1.34. The van der Waals surface area contributed by atoms with E-state index in [2.05, 4.69) is 13.0 Å². The van der Waals surface area contributed by atoms with E-state index in [0.717, 1.165) is 19.4 Å². The van der Waals surface area contributed by atoms with Gasteiger partial charge in [-0.2, -0.15) is 5.26 Å². The Balaban J connectivity index is 2.72. The number of nitriles is 1. The van der Waals surface area contributed by atoms with Crippen LogP contribution in [0.25, 0.3) is 0 Å². The van der Waals surface area contributed by atoms with Crippen molar-refractivity contribution in [2.24, 2.45) is 5.92 Å². The number of rotatable bonds is 3. The van der Waals surface area contributed by atoms with E-state index in [9.17, 15) is 4.79 Å². The molecule has 84 valence electrons. The lowest BCUT2D eigenvalue weighted by molar-refractivity contribution is -0.146. The first-order valence-corrected chi connectivity index (χ1v) is 5.48. The van der Waals surface area contributed by atoms with Crippen molar-refractivity contribution < 1.29 is 9.90 Å². The maximum Gasteiger partial charge on any atom is 0.320 e. The van der Waals surface area contributed by atoms with E-state index in [-0.39, 0.29) is 6.04 Å². The molecule has 0 radical (unpaired) electrons. The van der Waals surface area contributed by atoms with E-state index in [1.54, 1.807) is 11.8 Å². The Hall–Kier alpha value is -1.08. The first kappa shape index (κ1) is 12.0. The minimum atomic E-state index is -0.796. The second kappa shape index (κ2) is 5.13. The zero-order valence-corrected chi connectivity index (χ0v) is 9.31. The van der Waals surface area contributed by atoms with Crippen LogP contribution in [0.2, 0.25) is 0 Å². The number of carboxylic acids is 1. The number of carbonyl (C=O) groups is 1. The molecule has 1 aliphatic rings. The predicted octanol–water partition coefficient (Wildman–Crippen LogP) is 1.47. The average Bonchev–Trinajstić information content (AvgIpc) is 2.27. The molecular formula is C11H18N2O2. The number of hydrogen-bond acceptors (Lipinski definition) is 3. The first-order chi connectivity index (χ1) is 7.10. The molecule has 3 unspecified atom stereocenters. The van der Waals surface area contributed by atoms with Gasteiger partial charge >= 0.3 is 5.97 Å². The average molecular weight is 210 g/mol. The molecule has 0 bridgehead atoms. The number of likely N-dealkylation sites (tertiary alicyclic amines) is 1. The summed E-state index contributed by atoms with van der Waals surface area (Å²) in [7, 11) is 0. The van der Waals surface area contributed by atoms with Crippen molar-refractivity contribution in [3.8, 4) is 6.07 Å². The Bertz CT molecular complexity index is 272.